The van der Waals surface area contributed by atoms with E-state index in [1.807, 2.05) is 36.4 Å². The Hall–Kier alpha value is -3.08. The van der Waals surface area contributed by atoms with Gasteiger partial charge in [-0.05, 0) is 31.2 Å². The first-order valence-electron chi connectivity index (χ1n) is 6.86. The number of aromatic nitrogens is 2. The van der Waals surface area contributed by atoms with Crippen molar-refractivity contribution in [2.45, 2.75) is 6.92 Å². The zero-order valence-corrected chi connectivity index (χ0v) is 12.0. The minimum absolute atomic E-state index is 0.325. The Balaban J connectivity index is 1.80. The molecule has 0 saturated heterocycles. The SMILES string of the molecule is C/C(=N\NC(=O)c1ccccn1)c1ccc2ccccc2n1. The second kappa shape index (κ2) is 6.13. The third-order valence-corrected chi connectivity index (χ3v) is 3.19. The van der Waals surface area contributed by atoms with Crippen LogP contribution >= 0.6 is 0 Å². The van der Waals surface area contributed by atoms with Crippen LogP contribution in [0.3, 0.4) is 0 Å². The number of nitrogens with zero attached hydrogens (tertiary/aromatic N) is 3. The van der Waals surface area contributed by atoms with Crippen LogP contribution in [-0.4, -0.2) is 21.6 Å². The molecular formula is C17H14N4O. The molecule has 5 heteroatoms. The van der Waals surface area contributed by atoms with Crippen LogP contribution in [0.2, 0.25) is 0 Å². The highest BCUT2D eigenvalue weighted by Gasteiger charge is 2.06. The zero-order chi connectivity index (χ0) is 15.4. The maximum absolute atomic E-state index is 11.9. The van der Waals surface area contributed by atoms with E-state index in [1.165, 1.54) is 0 Å². The number of para-hydroxylation sites is 1. The lowest BCUT2D eigenvalue weighted by molar-refractivity contribution is 0.0950. The summed E-state index contributed by atoms with van der Waals surface area (Å²) >= 11 is 0. The average molecular weight is 290 g/mol. The van der Waals surface area contributed by atoms with Crippen LogP contribution in [0.1, 0.15) is 23.1 Å². The molecule has 0 unspecified atom stereocenters. The van der Waals surface area contributed by atoms with Gasteiger partial charge in [0.1, 0.15) is 5.69 Å². The summed E-state index contributed by atoms with van der Waals surface area (Å²) in [6.07, 6.45) is 1.57. The van der Waals surface area contributed by atoms with Crippen molar-refractivity contribution in [1.82, 2.24) is 15.4 Å². The van der Waals surface area contributed by atoms with Crippen molar-refractivity contribution in [3.8, 4) is 0 Å². The highest BCUT2D eigenvalue weighted by molar-refractivity contribution is 6.00. The normalized spacial score (nSPS) is 11.4. The molecule has 108 valence electrons. The number of benzene rings is 1. The van der Waals surface area contributed by atoms with Gasteiger partial charge >= 0.3 is 0 Å². The van der Waals surface area contributed by atoms with Crippen molar-refractivity contribution >= 4 is 22.5 Å². The summed E-state index contributed by atoms with van der Waals surface area (Å²) in [6.45, 7) is 1.80. The summed E-state index contributed by atoms with van der Waals surface area (Å²) in [6, 6.07) is 16.9. The van der Waals surface area contributed by atoms with Gasteiger partial charge in [0, 0.05) is 11.6 Å². The quantitative estimate of drug-likeness (QED) is 0.596. The smallest absolute Gasteiger partial charge is 0.266 e. The molecule has 2 heterocycles. The van der Waals surface area contributed by atoms with Crippen LogP contribution in [0.15, 0.2) is 65.9 Å². The molecule has 1 aromatic carbocycles. The van der Waals surface area contributed by atoms with Crippen LogP contribution in [0.4, 0.5) is 0 Å². The van der Waals surface area contributed by atoms with E-state index in [2.05, 4.69) is 20.5 Å². The second-order valence-corrected chi connectivity index (χ2v) is 4.74. The number of carbonyl (C=O) groups excluding carboxylic acids is 1. The Morgan fingerprint density at radius 1 is 1.00 bits per heavy atom. The average Bonchev–Trinajstić information content (AvgIpc) is 2.59. The van der Waals surface area contributed by atoms with Gasteiger partial charge in [0.15, 0.2) is 0 Å². The number of rotatable bonds is 3. The van der Waals surface area contributed by atoms with E-state index in [4.69, 9.17) is 0 Å². The summed E-state index contributed by atoms with van der Waals surface area (Å²) in [5.74, 6) is -0.347. The standard InChI is InChI=1S/C17H14N4O/c1-12(20-21-17(22)16-8-4-5-11-18-16)14-10-9-13-6-2-3-7-15(13)19-14/h2-11H,1H3,(H,21,22)/b20-12+. The molecule has 0 atom stereocenters. The second-order valence-electron chi connectivity index (χ2n) is 4.74. The summed E-state index contributed by atoms with van der Waals surface area (Å²) in [5, 5.41) is 5.16. The van der Waals surface area contributed by atoms with Crippen LogP contribution in [-0.2, 0) is 0 Å². The fourth-order valence-electron chi connectivity index (χ4n) is 2.01. The third-order valence-electron chi connectivity index (χ3n) is 3.19. The van der Waals surface area contributed by atoms with Crippen molar-refractivity contribution in [2.75, 3.05) is 0 Å². The lowest BCUT2D eigenvalue weighted by atomic mass is 10.2. The van der Waals surface area contributed by atoms with E-state index in [0.29, 0.717) is 11.4 Å². The van der Waals surface area contributed by atoms with E-state index in [9.17, 15) is 4.79 Å². The van der Waals surface area contributed by atoms with Crippen molar-refractivity contribution in [3.05, 3.63) is 72.2 Å². The Bertz CT molecular complexity index is 843. The molecule has 0 fully saturated rings. The highest BCUT2D eigenvalue weighted by Crippen LogP contribution is 2.12. The van der Waals surface area contributed by atoms with Crippen LogP contribution in [0.5, 0.6) is 0 Å². The van der Waals surface area contributed by atoms with Crippen molar-refractivity contribution in [2.24, 2.45) is 5.10 Å². The number of fused-ring (bicyclic) bond motifs is 1. The van der Waals surface area contributed by atoms with Gasteiger partial charge in [-0.1, -0.05) is 30.3 Å². The molecule has 22 heavy (non-hydrogen) atoms. The molecule has 0 bridgehead atoms. The first kappa shape index (κ1) is 13.9. The Morgan fingerprint density at radius 2 is 1.82 bits per heavy atom. The van der Waals surface area contributed by atoms with Gasteiger partial charge in [-0.15, -0.1) is 0 Å². The number of hydrogen-bond acceptors (Lipinski definition) is 4. The lowest BCUT2D eigenvalue weighted by Gasteiger charge is -2.03. The van der Waals surface area contributed by atoms with Gasteiger partial charge in [-0.3, -0.25) is 9.78 Å². The van der Waals surface area contributed by atoms with Gasteiger partial charge < -0.3 is 0 Å². The van der Waals surface area contributed by atoms with E-state index < -0.39 is 0 Å². The number of nitrogens with one attached hydrogen (secondary N) is 1. The molecule has 3 rings (SSSR count). The van der Waals surface area contributed by atoms with Crippen LogP contribution < -0.4 is 5.43 Å². The van der Waals surface area contributed by atoms with Gasteiger partial charge in [0.2, 0.25) is 0 Å². The molecule has 2 aromatic heterocycles. The molecule has 0 aliphatic heterocycles. The Morgan fingerprint density at radius 3 is 2.64 bits per heavy atom. The van der Waals surface area contributed by atoms with E-state index in [-0.39, 0.29) is 5.91 Å². The number of hydrazone groups is 1. The Labute approximate surface area is 127 Å². The van der Waals surface area contributed by atoms with Crippen molar-refractivity contribution in [3.63, 3.8) is 0 Å². The lowest BCUT2D eigenvalue weighted by Crippen LogP contribution is -2.20. The fraction of sp³-hybridized carbons (Fsp3) is 0.0588. The number of pyridine rings is 2. The van der Waals surface area contributed by atoms with Crippen LogP contribution in [0, 0.1) is 0 Å². The van der Waals surface area contributed by atoms with Crippen molar-refractivity contribution in [1.29, 1.82) is 0 Å². The maximum Gasteiger partial charge on any atom is 0.289 e. The highest BCUT2D eigenvalue weighted by atomic mass is 16.2. The summed E-state index contributed by atoms with van der Waals surface area (Å²) in [4.78, 5) is 20.4. The van der Waals surface area contributed by atoms with Gasteiger partial charge in [-0.25, -0.2) is 10.4 Å². The molecule has 0 aliphatic rings. The number of hydrogen-bond donors (Lipinski definition) is 1. The molecule has 5 nitrogen and oxygen atoms in total. The van der Waals surface area contributed by atoms with Crippen LogP contribution in [0.25, 0.3) is 10.9 Å². The molecule has 0 saturated carbocycles. The Kier molecular flexibility index (Phi) is 3.87. The largest absolute Gasteiger partial charge is 0.289 e. The number of amides is 1. The topological polar surface area (TPSA) is 67.2 Å². The molecule has 3 aromatic rings. The maximum atomic E-state index is 11.9. The predicted molar refractivity (Wildman–Crippen MR) is 85.7 cm³/mol. The van der Waals surface area contributed by atoms with E-state index >= 15 is 0 Å². The van der Waals surface area contributed by atoms with E-state index in [0.717, 1.165) is 16.6 Å². The summed E-state index contributed by atoms with van der Waals surface area (Å²) < 4.78 is 0. The monoisotopic (exact) mass is 290 g/mol. The minimum atomic E-state index is -0.347. The van der Waals surface area contributed by atoms with Crippen molar-refractivity contribution < 1.29 is 4.79 Å². The zero-order valence-electron chi connectivity index (χ0n) is 12.0. The minimum Gasteiger partial charge on any atom is -0.266 e. The molecule has 0 spiro atoms. The third kappa shape index (κ3) is 2.98. The summed E-state index contributed by atoms with van der Waals surface area (Å²) in [7, 11) is 0. The van der Waals surface area contributed by atoms with Gasteiger partial charge in [0.05, 0.1) is 16.9 Å². The molecule has 1 amide bonds. The molecular weight excluding hydrogens is 276 g/mol. The first-order chi connectivity index (χ1) is 10.7. The fourth-order valence-corrected chi connectivity index (χ4v) is 2.01. The number of carbonyl (C=O) groups is 1. The molecule has 0 radical (unpaired) electrons. The molecule has 1 N–H and O–H groups in total. The van der Waals surface area contributed by atoms with Gasteiger partial charge in [-0.2, -0.15) is 5.10 Å². The van der Waals surface area contributed by atoms with E-state index in [1.54, 1.807) is 31.3 Å². The molecule has 0 aliphatic carbocycles. The van der Waals surface area contributed by atoms with Gasteiger partial charge in [0.25, 0.3) is 5.91 Å². The first-order valence-corrected chi connectivity index (χ1v) is 6.86. The predicted octanol–water partition coefficient (Wildman–Crippen LogP) is 2.78. The summed E-state index contributed by atoms with van der Waals surface area (Å²) in [5.41, 5.74) is 5.07.